The maximum atomic E-state index is 12.9. The molecule has 0 atom stereocenters. The van der Waals surface area contributed by atoms with Gasteiger partial charge in [-0.05, 0) is 54.8 Å². The molecule has 1 aliphatic carbocycles. The SMILES string of the molecule is O=C(c1ccc(F)cc1)N(Cc1ccncc1)C1CC1. The number of carbonyl (C=O) groups is 1. The van der Waals surface area contributed by atoms with Crippen LogP contribution in [-0.2, 0) is 6.54 Å². The lowest BCUT2D eigenvalue weighted by Crippen LogP contribution is -2.32. The minimum Gasteiger partial charge on any atom is -0.331 e. The molecule has 1 saturated carbocycles. The number of aromatic nitrogens is 1. The largest absolute Gasteiger partial charge is 0.331 e. The molecule has 0 aliphatic heterocycles. The van der Waals surface area contributed by atoms with Crippen LogP contribution >= 0.6 is 0 Å². The van der Waals surface area contributed by atoms with Gasteiger partial charge in [0.15, 0.2) is 0 Å². The highest BCUT2D eigenvalue weighted by atomic mass is 19.1. The highest BCUT2D eigenvalue weighted by Gasteiger charge is 2.32. The van der Waals surface area contributed by atoms with E-state index in [1.807, 2.05) is 17.0 Å². The Morgan fingerprint density at radius 3 is 2.40 bits per heavy atom. The van der Waals surface area contributed by atoms with E-state index in [2.05, 4.69) is 4.98 Å². The molecule has 2 aromatic rings. The molecule has 102 valence electrons. The van der Waals surface area contributed by atoms with Crippen molar-refractivity contribution in [3.05, 3.63) is 65.7 Å². The third-order valence-electron chi connectivity index (χ3n) is 3.44. The van der Waals surface area contributed by atoms with Gasteiger partial charge in [0, 0.05) is 30.5 Å². The molecular weight excluding hydrogens is 255 g/mol. The maximum absolute atomic E-state index is 12.9. The summed E-state index contributed by atoms with van der Waals surface area (Å²) in [6.07, 6.45) is 5.53. The second kappa shape index (κ2) is 5.41. The lowest BCUT2D eigenvalue weighted by atomic mass is 10.1. The van der Waals surface area contributed by atoms with Crippen molar-refractivity contribution in [3.8, 4) is 0 Å². The van der Waals surface area contributed by atoms with Crippen molar-refractivity contribution in [1.82, 2.24) is 9.88 Å². The summed E-state index contributed by atoms with van der Waals surface area (Å²) in [6.45, 7) is 0.573. The Morgan fingerprint density at radius 2 is 1.80 bits per heavy atom. The van der Waals surface area contributed by atoms with Crippen LogP contribution in [0.1, 0.15) is 28.8 Å². The van der Waals surface area contributed by atoms with Gasteiger partial charge in [-0.2, -0.15) is 0 Å². The second-order valence-electron chi connectivity index (χ2n) is 5.03. The zero-order valence-corrected chi connectivity index (χ0v) is 11.0. The number of benzene rings is 1. The lowest BCUT2D eigenvalue weighted by molar-refractivity contribution is 0.0730. The standard InChI is InChI=1S/C16H15FN2O/c17-14-3-1-13(2-4-14)16(20)19(15-5-6-15)11-12-7-9-18-10-8-12/h1-4,7-10,15H,5-6,11H2. The molecule has 0 bridgehead atoms. The molecule has 20 heavy (non-hydrogen) atoms. The van der Waals surface area contributed by atoms with Gasteiger partial charge in [-0.25, -0.2) is 4.39 Å². The van der Waals surface area contributed by atoms with Crippen LogP contribution in [0.25, 0.3) is 0 Å². The maximum Gasteiger partial charge on any atom is 0.254 e. The summed E-state index contributed by atoms with van der Waals surface area (Å²) >= 11 is 0. The molecule has 4 heteroatoms. The van der Waals surface area contributed by atoms with E-state index in [1.54, 1.807) is 24.5 Å². The fourth-order valence-electron chi connectivity index (χ4n) is 2.20. The summed E-state index contributed by atoms with van der Waals surface area (Å²) in [5, 5.41) is 0. The lowest BCUT2D eigenvalue weighted by Gasteiger charge is -2.22. The van der Waals surface area contributed by atoms with E-state index in [0.29, 0.717) is 18.2 Å². The molecule has 1 fully saturated rings. The van der Waals surface area contributed by atoms with Crippen molar-refractivity contribution < 1.29 is 9.18 Å². The van der Waals surface area contributed by atoms with E-state index in [-0.39, 0.29) is 11.7 Å². The van der Waals surface area contributed by atoms with E-state index in [1.165, 1.54) is 12.1 Å². The van der Waals surface area contributed by atoms with Crippen LogP contribution < -0.4 is 0 Å². The number of nitrogens with zero attached hydrogens (tertiary/aromatic N) is 2. The second-order valence-corrected chi connectivity index (χ2v) is 5.03. The average Bonchev–Trinajstić information content (AvgIpc) is 3.30. The fraction of sp³-hybridized carbons (Fsp3) is 0.250. The van der Waals surface area contributed by atoms with Crippen LogP contribution in [0.4, 0.5) is 4.39 Å². The normalized spacial score (nSPS) is 14.1. The number of rotatable bonds is 4. The van der Waals surface area contributed by atoms with Crippen molar-refractivity contribution in [2.24, 2.45) is 0 Å². The number of hydrogen-bond acceptors (Lipinski definition) is 2. The summed E-state index contributed by atoms with van der Waals surface area (Å²) in [4.78, 5) is 18.4. The molecule has 1 aromatic heterocycles. The van der Waals surface area contributed by atoms with Crippen LogP contribution in [0.15, 0.2) is 48.8 Å². The number of pyridine rings is 1. The third kappa shape index (κ3) is 2.85. The Balaban J connectivity index is 1.80. The van der Waals surface area contributed by atoms with E-state index < -0.39 is 0 Å². The zero-order chi connectivity index (χ0) is 13.9. The summed E-state index contributed by atoms with van der Waals surface area (Å²) < 4.78 is 12.9. The average molecular weight is 270 g/mol. The molecule has 1 aliphatic rings. The minimum absolute atomic E-state index is 0.0377. The van der Waals surface area contributed by atoms with Crippen LogP contribution in [0.3, 0.4) is 0 Å². The Kier molecular flexibility index (Phi) is 3.46. The van der Waals surface area contributed by atoms with Gasteiger partial charge >= 0.3 is 0 Å². The van der Waals surface area contributed by atoms with Crippen molar-refractivity contribution >= 4 is 5.91 Å². The van der Waals surface area contributed by atoms with Crippen LogP contribution in [0.5, 0.6) is 0 Å². The van der Waals surface area contributed by atoms with E-state index >= 15 is 0 Å². The Labute approximate surface area is 117 Å². The van der Waals surface area contributed by atoms with Gasteiger partial charge in [0.05, 0.1) is 0 Å². The Morgan fingerprint density at radius 1 is 1.15 bits per heavy atom. The summed E-state index contributed by atoms with van der Waals surface area (Å²) in [5.41, 5.74) is 1.59. The molecule has 0 spiro atoms. The van der Waals surface area contributed by atoms with Crippen molar-refractivity contribution in [2.45, 2.75) is 25.4 Å². The molecule has 0 unspecified atom stereocenters. The molecule has 0 radical (unpaired) electrons. The van der Waals surface area contributed by atoms with Crippen molar-refractivity contribution in [3.63, 3.8) is 0 Å². The number of amides is 1. The third-order valence-corrected chi connectivity index (χ3v) is 3.44. The van der Waals surface area contributed by atoms with Gasteiger partial charge < -0.3 is 4.90 Å². The monoisotopic (exact) mass is 270 g/mol. The minimum atomic E-state index is -0.325. The molecule has 1 heterocycles. The van der Waals surface area contributed by atoms with Gasteiger partial charge in [0.1, 0.15) is 5.82 Å². The van der Waals surface area contributed by atoms with Gasteiger partial charge in [-0.1, -0.05) is 0 Å². The predicted molar refractivity (Wildman–Crippen MR) is 73.5 cm³/mol. The van der Waals surface area contributed by atoms with Gasteiger partial charge in [0.25, 0.3) is 5.91 Å². The zero-order valence-electron chi connectivity index (χ0n) is 11.0. The van der Waals surface area contributed by atoms with Gasteiger partial charge in [0.2, 0.25) is 0 Å². The smallest absolute Gasteiger partial charge is 0.254 e. The first-order valence-corrected chi connectivity index (χ1v) is 6.69. The van der Waals surface area contributed by atoms with E-state index in [0.717, 1.165) is 18.4 Å². The number of hydrogen-bond donors (Lipinski definition) is 0. The first-order chi connectivity index (χ1) is 9.74. The highest BCUT2D eigenvalue weighted by Crippen LogP contribution is 2.29. The Bertz CT molecular complexity index is 594. The summed E-state index contributed by atoms with van der Waals surface area (Å²) in [6, 6.07) is 9.86. The van der Waals surface area contributed by atoms with Crippen LogP contribution in [0, 0.1) is 5.82 Å². The van der Waals surface area contributed by atoms with Crippen molar-refractivity contribution in [1.29, 1.82) is 0 Å². The van der Waals surface area contributed by atoms with E-state index in [4.69, 9.17) is 0 Å². The molecule has 1 aromatic carbocycles. The predicted octanol–water partition coefficient (Wildman–Crippen LogP) is 3.03. The topological polar surface area (TPSA) is 33.2 Å². The fourth-order valence-corrected chi connectivity index (χ4v) is 2.20. The van der Waals surface area contributed by atoms with Crippen LogP contribution in [0.2, 0.25) is 0 Å². The molecule has 1 amide bonds. The molecule has 3 nitrogen and oxygen atoms in total. The van der Waals surface area contributed by atoms with E-state index in [9.17, 15) is 9.18 Å². The van der Waals surface area contributed by atoms with Crippen molar-refractivity contribution in [2.75, 3.05) is 0 Å². The first-order valence-electron chi connectivity index (χ1n) is 6.69. The van der Waals surface area contributed by atoms with Gasteiger partial charge in [-0.15, -0.1) is 0 Å². The molecule has 0 saturated heterocycles. The number of carbonyl (C=O) groups excluding carboxylic acids is 1. The first kappa shape index (κ1) is 12.8. The molecular formula is C16H15FN2O. The Hall–Kier alpha value is -2.23. The number of halogens is 1. The van der Waals surface area contributed by atoms with Crippen LogP contribution in [-0.4, -0.2) is 21.8 Å². The molecule has 3 rings (SSSR count). The summed E-state index contributed by atoms with van der Waals surface area (Å²) in [5.74, 6) is -0.363. The molecule has 0 N–H and O–H groups in total. The van der Waals surface area contributed by atoms with Gasteiger partial charge in [-0.3, -0.25) is 9.78 Å². The summed E-state index contributed by atoms with van der Waals surface area (Å²) in [7, 11) is 0. The quantitative estimate of drug-likeness (QED) is 0.855. The highest BCUT2D eigenvalue weighted by molar-refractivity contribution is 5.94.